The van der Waals surface area contributed by atoms with Crippen LogP contribution in [0.5, 0.6) is 0 Å². The fraction of sp³-hybridized carbons (Fsp3) is 0.688. The summed E-state index contributed by atoms with van der Waals surface area (Å²) in [7, 11) is 0. The number of ether oxygens (including phenoxy) is 1. The second kappa shape index (κ2) is 7.60. The van der Waals surface area contributed by atoms with Crippen LogP contribution >= 0.6 is 0 Å². The van der Waals surface area contributed by atoms with E-state index in [4.69, 9.17) is 4.74 Å². The number of aryl methyl sites for hydroxylation is 1. The molecule has 1 aliphatic heterocycles. The number of hydrogen-bond acceptors (Lipinski definition) is 4. The Labute approximate surface area is 122 Å². The number of nitrogens with zero attached hydrogens (tertiary/aromatic N) is 2. The fourth-order valence-electron chi connectivity index (χ4n) is 2.49. The van der Waals surface area contributed by atoms with E-state index in [0.717, 1.165) is 51.5 Å². The number of anilines is 1. The summed E-state index contributed by atoms with van der Waals surface area (Å²) in [6.07, 6.45) is 3.12. The van der Waals surface area contributed by atoms with E-state index in [-0.39, 0.29) is 0 Å². The first-order valence-electron chi connectivity index (χ1n) is 7.65. The minimum absolute atomic E-state index is 0.670. The standard InChI is InChI=1S/C16H27N3O/c1-13(2)10-17-11-15-12-18-14(3)9-16(15)19-5-4-7-20-8-6-19/h9,12-13,17H,4-8,10-11H2,1-3H3. The molecule has 0 aromatic carbocycles. The van der Waals surface area contributed by atoms with Crippen molar-refractivity contribution < 1.29 is 4.74 Å². The van der Waals surface area contributed by atoms with E-state index >= 15 is 0 Å². The number of hydrogen-bond donors (Lipinski definition) is 1. The minimum Gasteiger partial charge on any atom is -0.380 e. The number of rotatable bonds is 5. The lowest BCUT2D eigenvalue weighted by Crippen LogP contribution is -2.28. The molecule has 0 unspecified atom stereocenters. The van der Waals surface area contributed by atoms with E-state index < -0.39 is 0 Å². The zero-order chi connectivity index (χ0) is 14.4. The van der Waals surface area contributed by atoms with E-state index in [0.29, 0.717) is 5.92 Å². The molecule has 0 aliphatic carbocycles. The van der Waals surface area contributed by atoms with E-state index in [2.05, 4.69) is 42.0 Å². The summed E-state index contributed by atoms with van der Waals surface area (Å²) in [6.45, 7) is 12.2. The van der Waals surface area contributed by atoms with Gasteiger partial charge < -0.3 is 15.0 Å². The Kier molecular flexibility index (Phi) is 5.80. The van der Waals surface area contributed by atoms with Gasteiger partial charge in [-0.05, 0) is 31.9 Å². The Hall–Kier alpha value is -1.13. The molecule has 112 valence electrons. The summed E-state index contributed by atoms with van der Waals surface area (Å²) in [5, 5.41) is 3.52. The highest BCUT2D eigenvalue weighted by molar-refractivity contribution is 5.53. The molecule has 1 N–H and O–H groups in total. The van der Waals surface area contributed by atoms with Gasteiger partial charge in [0, 0.05) is 49.4 Å². The lowest BCUT2D eigenvalue weighted by molar-refractivity contribution is 0.152. The molecule has 2 rings (SSSR count). The van der Waals surface area contributed by atoms with Crippen molar-refractivity contribution in [3.63, 3.8) is 0 Å². The molecule has 0 radical (unpaired) electrons. The molecule has 1 aromatic heterocycles. The molecule has 4 nitrogen and oxygen atoms in total. The monoisotopic (exact) mass is 277 g/mol. The average molecular weight is 277 g/mol. The van der Waals surface area contributed by atoms with Gasteiger partial charge in [-0.25, -0.2) is 0 Å². The zero-order valence-electron chi connectivity index (χ0n) is 13.0. The Morgan fingerprint density at radius 2 is 2.20 bits per heavy atom. The molecule has 1 fully saturated rings. The van der Waals surface area contributed by atoms with Crippen LogP contribution in [0.25, 0.3) is 0 Å². The van der Waals surface area contributed by atoms with Crippen molar-refractivity contribution in [2.24, 2.45) is 5.92 Å². The van der Waals surface area contributed by atoms with Crippen LogP contribution in [0.1, 0.15) is 31.5 Å². The molecule has 1 saturated heterocycles. The van der Waals surface area contributed by atoms with Gasteiger partial charge in [-0.15, -0.1) is 0 Å². The summed E-state index contributed by atoms with van der Waals surface area (Å²) in [4.78, 5) is 6.90. The van der Waals surface area contributed by atoms with Gasteiger partial charge >= 0.3 is 0 Å². The number of nitrogens with one attached hydrogen (secondary N) is 1. The summed E-state index contributed by atoms with van der Waals surface area (Å²) in [5.74, 6) is 0.670. The van der Waals surface area contributed by atoms with Crippen molar-refractivity contribution in [2.75, 3.05) is 37.7 Å². The summed E-state index contributed by atoms with van der Waals surface area (Å²) in [6, 6.07) is 2.21. The molecule has 4 heteroatoms. The number of aromatic nitrogens is 1. The maximum atomic E-state index is 5.56. The highest BCUT2D eigenvalue weighted by Gasteiger charge is 2.14. The molecule has 0 atom stereocenters. The zero-order valence-corrected chi connectivity index (χ0v) is 13.0. The second-order valence-electron chi connectivity index (χ2n) is 5.93. The molecule has 2 heterocycles. The quantitative estimate of drug-likeness (QED) is 0.896. The summed E-state index contributed by atoms with van der Waals surface area (Å²) < 4.78 is 5.56. The van der Waals surface area contributed by atoms with E-state index in [1.807, 2.05) is 6.20 Å². The third kappa shape index (κ3) is 4.46. The van der Waals surface area contributed by atoms with Crippen molar-refractivity contribution in [1.82, 2.24) is 10.3 Å². The van der Waals surface area contributed by atoms with Crippen LogP contribution in [0.3, 0.4) is 0 Å². The Balaban J connectivity index is 2.09. The first kappa shape index (κ1) is 15.3. The third-order valence-corrected chi connectivity index (χ3v) is 3.53. The van der Waals surface area contributed by atoms with E-state index in [1.54, 1.807) is 0 Å². The molecular weight excluding hydrogens is 250 g/mol. The van der Waals surface area contributed by atoms with Gasteiger partial charge in [-0.1, -0.05) is 13.8 Å². The van der Waals surface area contributed by atoms with Gasteiger partial charge in [0.1, 0.15) is 0 Å². The minimum atomic E-state index is 0.670. The third-order valence-electron chi connectivity index (χ3n) is 3.53. The van der Waals surface area contributed by atoms with Gasteiger partial charge in [-0.3, -0.25) is 4.98 Å². The predicted octanol–water partition coefficient (Wildman–Crippen LogP) is 2.36. The Morgan fingerprint density at radius 3 is 3.00 bits per heavy atom. The second-order valence-corrected chi connectivity index (χ2v) is 5.93. The lowest BCUT2D eigenvalue weighted by atomic mass is 10.1. The van der Waals surface area contributed by atoms with E-state index in [1.165, 1.54) is 11.3 Å². The molecule has 1 aliphatic rings. The molecule has 0 saturated carbocycles. The Morgan fingerprint density at radius 1 is 1.35 bits per heavy atom. The maximum absolute atomic E-state index is 5.56. The first-order valence-corrected chi connectivity index (χ1v) is 7.65. The van der Waals surface area contributed by atoms with Crippen LogP contribution in [0, 0.1) is 12.8 Å². The molecule has 0 amide bonds. The van der Waals surface area contributed by atoms with Crippen molar-refractivity contribution in [3.05, 3.63) is 23.5 Å². The summed E-state index contributed by atoms with van der Waals surface area (Å²) >= 11 is 0. The summed E-state index contributed by atoms with van der Waals surface area (Å²) in [5.41, 5.74) is 3.69. The van der Waals surface area contributed by atoms with Gasteiger partial charge in [0.05, 0.1) is 6.61 Å². The van der Waals surface area contributed by atoms with Crippen molar-refractivity contribution >= 4 is 5.69 Å². The van der Waals surface area contributed by atoms with Gasteiger partial charge in [0.25, 0.3) is 0 Å². The van der Waals surface area contributed by atoms with Crippen LogP contribution in [-0.2, 0) is 11.3 Å². The molecule has 0 spiro atoms. The van der Waals surface area contributed by atoms with Crippen molar-refractivity contribution in [3.8, 4) is 0 Å². The fourth-order valence-corrected chi connectivity index (χ4v) is 2.49. The Bertz CT molecular complexity index is 412. The van der Waals surface area contributed by atoms with Gasteiger partial charge in [0.15, 0.2) is 0 Å². The predicted molar refractivity (Wildman–Crippen MR) is 83.2 cm³/mol. The smallest absolute Gasteiger partial charge is 0.0641 e. The van der Waals surface area contributed by atoms with Crippen molar-refractivity contribution in [1.29, 1.82) is 0 Å². The number of pyridine rings is 1. The molecular formula is C16H27N3O. The van der Waals surface area contributed by atoms with Gasteiger partial charge in [-0.2, -0.15) is 0 Å². The SMILES string of the molecule is Cc1cc(N2CCCOCC2)c(CNCC(C)C)cn1. The van der Waals surface area contributed by atoms with Crippen LogP contribution in [0.4, 0.5) is 5.69 Å². The highest BCUT2D eigenvalue weighted by Crippen LogP contribution is 2.22. The largest absolute Gasteiger partial charge is 0.380 e. The van der Waals surface area contributed by atoms with E-state index in [9.17, 15) is 0 Å². The van der Waals surface area contributed by atoms with Crippen LogP contribution in [0.2, 0.25) is 0 Å². The van der Waals surface area contributed by atoms with Crippen molar-refractivity contribution in [2.45, 2.75) is 33.7 Å². The normalized spacial score (nSPS) is 16.5. The molecule has 20 heavy (non-hydrogen) atoms. The average Bonchev–Trinajstić information content (AvgIpc) is 2.69. The molecule has 0 bridgehead atoms. The van der Waals surface area contributed by atoms with Gasteiger partial charge in [0.2, 0.25) is 0 Å². The van der Waals surface area contributed by atoms with Crippen LogP contribution in [0.15, 0.2) is 12.3 Å². The topological polar surface area (TPSA) is 37.4 Å². The molecule has 1 aromatic rings. The van der Waals surface area contributed by atoms with Crippen LogP contribution in [-0.4, -0.2) is 37.8 Å². The maximum Gasteiger partial charge on any atom is 0.0641 e. The lowest BCUT2D eigenvalue weighted by Gasteiger charge is -2.25. The highest BCUT2D eigenvalue weighted by atomic mass is 16.5. The first-order chi connectivity index (χ1) is 9.66. The van der Waals surface area contributed by atoms with Crippen LogP contribution < -0.4 is 10.2 Å².